The Hall–Kier alpha value is -3.35. The Balaban J connectivity index is 1.43. The van der Waals surface area contributed by atoms with Crippen molar-refractivity contribution in [1.82, 2.24) is 4.90 Å². The second-order valence-electron chi connectivity index (χ2n) is 8.58. The van der Waals surface area contributed by atoms with Crippen LogP contribution in [0.4, 0.5) is 11.4 Å². The first-order chi connectivity index (χ1) is 15.6. The van der Waals surface area contributed by atoms with Gasteiger partial charge in [-0.3, -0.25) is 14.4 Å². The fourth-order valence-electron chi connectivity index (χ4n) is 4.76. The molecule has 0 spiro atoms. The molecule has 0 aliphatic carbocycles. The summed E-state index contributed by atoms with van der Waals surface area (Å²) in [5.74, 6) is 0.353. The van der Waals surface area contributed by atoms with Crippen LogP contribution in [0.3, 0.4) is 0 Å². The lowest BCUT2D eigenvalue weighted by Gasteiger charge is -2.37. The summed E-state index contributed by atoms with van der Waals surface area (Å²) in [5, 5.41) is 0. The van der Waals surface area contributed by atoms with Crippen LogP contribution < -0.4 is 14.5 Å². The van der Waals surface area contributed by atoms with Crippen LogP contribution >= 0.6 is 0 Å². The third-order valence-electron chi connectivity index (χ3n) is 6.44. The molecule has 2 fully saturated rings. The molecule has 0 saturated carbocycles. The van der Waals surface area contributed by atoms with Gasteiger partial charge < -0.3 is 19.4 Å². The molecule has 0 bridgehead atoms. The number of anilines is 2. The van der Waals surface area contributed by atoms with E-state index in [9.17, 15) is 14.4 Å². The van der Waals surface area contributed by atoms with E-state index in [2.05, 4.69) is 0 Å². The normalized spacial score (nSPS) is 20.7. The van der Waals surface area contributed by atoms with E-state index in [0.717, 1.165) is 44.5 Å². The van der Waals surface area contributed by atoms with Crippen LogP contribution in [0.1, 0.15) is 42.5 Å². The zero-order chi connectivity index (χ0) is 22.1. The molecule has 166 valence electrons. The molecule has 7 nitrogen and oxygen atoms in total. The minimum Gasteiger partial charge on any atom is -0.476 e. The molecule has 2 saturated heterocycles. The highest BCUT2D eigenvalue weighted by Gasteiger charge is 2.36. The summed E-state index contributed by atoms with van der Waals surface area (Å²) in [7, 11) is 0. The number of hydrogen-bond donors (Lipinski definition) is 0. The van der Waals surface area contributed by atoms with Gasteiger partial charge in [0.1, 0.15) is 5.75 Å². The number of amides is 3. The average molecular weight is 434 g/mol. The highest BCUT2D eigenvalue weighted by atomic mass is 16.5. The summed E-state index contributed by atoms with van der Waals surface area (Å²) in [4.78, 5) is 44.1. The molecule has 3 heterocycles. The van der Waals surface area contributed by atoms with Crippen LogP contribution in [0.2, 0.25) is 0 Å². The zero-order valence-corrected chi connectivity index (χ0v) is 18.0. The smallest absolute Gasteiger partial charge is 0.265 e. The van der Waals surface area contributed by atoms with E-state index in [1.165, 1.54) is 0 Å². The molecule has 0 radical (unpaired) electrons. The van der Waals surface area contributed by atoms with Gasteiger partial charge in [-0.15, -0.1) is 0 Å². The summed E-state index contributed by atoms with van der Waals surface area (Å²) < 4.78 is 6.04. The van der Waals surface area contributed by atoms with Gasteiger partial charge in [-0.25, -0.2) is 0 Å². The van der Waals surface area contributed by atoms with E-state index in [1.54, 1.807) is 34.1 Å². The SMILES string of the molecule is O=C(C1CN(C(=O)c2cccc(N3CCCC3=O)c2)c2ccccc2O1)N1CCCCC1. The van der Waals surface area contributed by atoms with Gasteiger partial charge in [0.2, 0.25) is 5.91 Å². The topological polar surface area (TPSA) is 70.2 Å². The minimum absolute atomic E-state index is 0.0617. The Bertz CT molecular complexity index is 1050. The summed E-state index contributed by atoms with van der Waals surface area (Å²) in [6.07, 6.45) is 3.77. The number of ether oxygens (including phenoxy) is 1. The van der Waals surface area contributed by atoms with Crippen LogP contribution in [0.5, 0.6) is 5.75 Å². The van der Waals surface area contributed by atoms with Crippen LogP contribution in [0.15, 0.2) is 48.5 Å². The molecule has 0 N–H and O–H groups in total. The molecule has 3 aliphatic heterocycles. The van der Waals surface area contributed by atoms with Crippen LogP contribution in [-0.4, -0.2) is 54.9 Å². The molecular formula is C25H27N3O4. The van der Waals surface area contributed by atoms with Crippen LogP contribution in [0.25, 0.3) is 0 Å². The maximum Gasteiger partial charge on any atom is 0.265 e. The molecule has 7 heteroatoms. The maximum atomic E-state index is 13.6. The van der Waals surface area contributed by atoms with Crippen molar-refractivity contribution in [3.8, 4) is 5.75 Å². The lowest BCUT2D eigenvalue weighted by Crippen LogP contribution is -2.52. The molecule has 3 amide bonds. The van der Waals surface area contributed by atoms with E-state index < -0.39 is 6.10 Å². The van der Waals surface area contributed by atoms with Gasteiger partial charge in [-0.2, -0.15) is 0 Å². The molecular weight excluding hydrogens is 406 g/mol. The molecule has 2 aromatic rings. The Morgan fingerprint density at radius 1 is 0.906 bits per heavy atom. The van der Waals surface area contributed by atoms with Gasteiger partial charge in [0, 0.05) is 37.3 Å². The zero-order valence-electron chi connectivity index (χ0n) is 18.0. The first-order valence-corrected chi connectivity index (χ1v) is 11.4. The van der Waals surface area contributed by atoms with Gasteiger partial charge in [0.15, 0.2) is 6.10 Å². The van der Waals surface area contributed by atoms with Crippen molar-refractivity contribution in [2.24, 2.45) is 0 Å². The number of hydrogen-bond acceptors (Lipinski definition) is 4. The number of likely N-dealkylation sites (tertiary alicyclic amines) is 1. The fraction of sp³-hybridized carbons (Fsp3) is 0.400. The minimum atomic E-state index is -0.727. The second kappa shape index (κ2) is 8.65. The van der Waals surface area contributed by atoms with Crippen molar-refractivity contribution in [2.75, 3.05) is 36.0 Å². The van der Waals surface area contributed by atoms with Gasteiger partial charge >= 0.3 is 0 Å². The average Bonchev–Trinajstić information content (AvgIpc) is 3.29. The number of fused-ring (bicyclic) bond motifs is 1. The number of para-hydroxylation sites is 2. The van der Waals surface area contributed by atoms with Crippen molar-refractivity contribution >= 4 is 29.1 Å². The standard InChI is InChI=1S/C25H27N3O4/c29-23-12-7-15-27(23)19-9-6-8-18(16-19)24(30)28-17-22(25(31)26-13-4-1-5-14-26)32-21-11-3-2-10-20(21)28/h2-3,6,8-11,16,22H,1,4-5,7,12-15,17H2. The number of benzene rings is 2. The fourth-order valence-corrected chi connectivity index (χ4v) is 4.76. The molecule has 5 rings (SSSR count). The largest absolute Gasteiger partial charge is 0.476 e. The highest BCUT2D eigenvalue weighted by Crippen LogP contribution is 2.35. The van der Waals surface area contributed by atoms with Crippen molar-refractivity contribution < 1.29 is 19.1 Å². The van der Waals surface area contributed by atoms with Gasteiger partial charge in [-0.1, -0.05) is 18.2 Å². The van der Waals surface area contributed by atoms with E-state index in [4.69, 9.17) is 4.74 Å². The third kappa shape index (κ3) is 3.83. The van der Waals surface area contributed by atoms with Gasteiger partial charge in [0.25, 0.3) is 11.8 Å². The van der Waals surface area contributed by atoms with Crippen molar-refractivity contribution in [3.63, 3.8) is 0 Å². The third-order valence-corrected chi connectivity index (χ3v) is 6.44. The van der Waals surface area contributed by atoms with E-state index in [1.807, 2.05) is 29.2 Å². The molecule has 1 unspecified atom stereocenters. The predicted octanol–water partition coefficient (Wildman–Crippen LogP) is 3.23. The molecule has 2 aromatic carbocycles. The number of carbonyl (C=O) groups excluding carboxylic acids is 3. The highest BCUT2D eigenvalue weighted by molar-refractivity contribution is 6.09. The summed E-state index contributed by atoms with van der Waals surface area (Å²) in [6, 6.07) is 14.5. The lowest BCUT2D eigenvalue weighted by molar-refractivity contribution is -0.139. The van der Waals surface area contributed by atoms with E-state index >= 15 is 0 Å². The Morgan fingerprint density at radius 3 is 2.50 bits per heavy atom. The Morgan fingerprint density at radius 2 is 1.72 bits per heavy atom. The van der Waals surface area contributed by atoms with E-state index in [-0.39, 0.29) is 24.3 Å². The van der Waals surface area contributed by atoms with Crippen molar-refractivity contribution in [3.05, 3.63) is 54.1 Å². The van der Waals surface area contributed by atoms with Crippen LogP contribution in [0, 0.1) is 0 Å². The van der Waals surface area contributed by atoms with Crippen molar-refractivity contribution in [2.45, 2.75) is 38.2 Å². The Kier molecular flexibility index (Phi) is 5.55. The number of nitrogens with zero attached hydrogens (tertiary/aromatic N) is 3. The first kappa shape index (κ1) is 20.5. The first-order valence-electron chi connectivity index (χ1n) is 11.4. The monoisotopic (exact) mass is 433 g/mol. The van der Waals surface area contributed by atoms with E-state index in [0.29, 0.717) is 30.0 Å². The van der Waals surface area contributed by atoms with Crippen LogP contribution in [-0.2, 0) is 9.59 Å². The van der Waals surface area contributed by atoms with Gasteiger partial charge in [-0.05, 0) is 56.0 Å². The lowest BCUT2D eigenvalue weighted by atomic mass is 10.1. The van der Waals surface area contributed by atoms with Gasteiger partial charge in [0.05, 0.1) is 12.2 Å². The summed E-state index contributed by atoms with van der Waals surface area (Å²) in [5.41, 5.74) is 1.88. The quantitative estimate of drug-likeness (QED) is 0.745. The Labute approximate surface area is 187 Å². The molecule has 3 aliphatic rings. The number of rotatable bonds is 3. The summed E-state index contributed by atoms with van der Waals surface area (Å²) in [6.45, 7) is 2.31. The molecule has 0 aromatic heterocycles. The van der Waals surface area contributed by atoms with Crippen molar-refractivity contribution in [1.29, 1.82) is 0 Å². The maximum absolute atomic E-state index is 13.6. The number of carbonyl (C=O) groups is 3. The molecule has 32 heavy (non-hydrogen) atoms. The predicted molar refractivity (Wildman–Crippen MR) is 121 cm³/mol. The summed E-state index contributed by atoms with van der Waals surface area (Å²) >= 11 is 0. The number of piperidine rings is 1. The molecule has 1 atom stereocenters. The second-order valence-corrected chi connectivity index (χ2v) is 8.58.